The predicted molar refractivity (Wildman–Crippen MR) is 160 cm³/mol. The van der Waals surface area contributed by atoms with Crippen LogP contribution < -0.4 is 0 Å². The Kier molecular flexibility index (Phi) is 8.71. The van der Waals surface area contributed by atoms with Crippen molar-refractivity contribution in [3.05, 3.63) is 54.4 Å². The molecule has 11 unspecified atom stereocenters. The van der Waals surface area contributed by atoms with Crippen LogP contribution in [0.3, 0.4) is 0 Å². The molecule has 1 spiro atoms. The number of fused-ring (bicyclic) bond motifs is 1. The molecule has 3 aliphatic carbocycles. The number of nitrogens with zero attached hydrogens (tertiary/aromatic N) is 1. The number of hydrogen-bond acceptors (Lipinski definition) is 12. The van der Waals surface area contributed by atoms with Crippen LogP contribution in [0.1, 0.15) is 71.2 Å². The molecule has 3 heterocycles. The van der Waals surface area contributed by atoms with E-state index < -0.39 is 94.9 Å². The van der Waals surface area contributed by atoms with Gasteiger partial charge >= 0.3 is 23.9 Å². The number of ether oxygens (including phenoxy) is 5. The van der Waals surface area contributed by atoms with Gasteiger partial charge in [-0.15, -0.1) is 0 Å². The van der Waals surface area contributed by atoms with E-state index in [4.69, 9.17) is 23.7 Å². The summed E-state index contributed by atoms with van der Waals surface area (Å²) in [7, 11) is 0. The first-order valence-corrected chi connectivity index (χ1v) is 15.7. The molecule has 2 bridgehead atoms. The Morgan fingerprint density at radius 1 is 1.09 bits per heavy atom. The van der Waals surface area contributed by atoms with Gasteiger partial charge in [0.2, 0.25) is 5.79 Å². The van der Waals surface area contributed by atoms with E-state index in [2.05, 4.69) is 11.6 Å². The minimum atomic E-state index is -2.61. The van der Waals surface area contributed by atoms with Crippen LogP contribution in [-0.2, 0) is 38.1 Å². The van der Waals surface area contributed by atoms with Crippen molar-refractivity contribution in [1.82, 2.24) is 4.98 Å². The van der Waals surface area contributed by atoms with Gasteiger partial charge in [-0.2, -0.15) is 0 Å². The molecule has 46 heavy (non-hydrogen) atoms. The highest BCUT2D eigenvalue weighted by Crippen LogP contribution is 2.70. The summed E-state index contributed by atoms with van der Waals surface area (Å²) in [5, 5.41) is 25.6. The normalized spacial score (nSPS) is 40.6. The van der Waals surface area contributed by atoms with Crippen molar-refractivity contribution in [3.63, 3.8) is 0 Å². The molecule has 12 nitrogen and oxygen atoms in total. The second kappa shape index (κ2) is 11.9. The van der Waals surface area contributed by atoms with Crippen LogP contribution in [-0.4, -0.2) is 81.0 Å². The lowest BCUT2D eigenvalue weighted by Crippen LogP contribution is -2.77. The van der Waals surface area contributed by atoms with Gasteiger partial charge in [-0.05, 0) is 50.8 Å². The quantitative estimate of drug-likeness (QED) is 0.242. The van der Waals surface area contributed by atoms with Gasteiger partial charge in [-0.25, -0.2) is 4.79 Å². The second-order valence-electron chi connectivity index (χ2n) is 13.4. The summed E-state index contributed by atoms with van der Waals surface area (Å²) in [5.74, 6) is -9.02. The number of rotatable bonds is 8. The fourth-order valence-electron chi connectivity index (χ4n) is 8.76. The fourth-order valence-corrected chi connectivity index (χ4v) is 8.76. The summed E-state index contributed by atoms with van der Waals surface area (Å²) in [6, 6.07) is 3.07. The highest BCUT2D eigenvalue weighted by molar-refractivity contribution is 5.89. The van der Waals surface area contributed by atoms with Gasteiger partial charge < -0.3 is 33.9 Å². The summed E-state index contributed by atoms with van der Waals surface area (Å²) in [6.07, 6.45) is 2.97. The molecule has 12 heteroatoms. The van der Waals surface area contributed by atoms with E-state index in [1.165, 1.54) is 32.3 Å². The smallest absolute Gasteiger partial charge is 0.340 e. The second-order valence-corrected chi connectivity index (χ2v) is 13.4. The van der Waals surface area contributed by atoms with Crippen LogP contribution in [0.4, 0.5) is 0 Å². The number of esters is 4. The van der Waals surface area contributed by atoms with E-state index in [0.29, 0.717) is 12.0 Å². The van der Waals surface area contributed by atoms with Crippen molar-refractivity contribution in [1.29, 1.82) is 0 Å². The molecule has 1 aromatic rings. The molecule has 2 N–H and O–H groups in total. The molecular formula is C34H43NO11. The lowest BCUT2D eigenvalue weighted by atomic mass is 9.52. The summed E-state index contributed by atoms with van der Waals surface area (Å²) in [5.41, 5.74) is -5.26. The van der Waals surface area contributed by atoms with E-state index >= 15 is 0 Å². The third-order valence-electron chi connectivity index (χ3n) is 10.3. The molecule has 11 atom stereocenters. The topological polar surface area (TPSA) is 168 Å². The van der Waals surface area contributed by atoms with Crippen LogP contribution in [0.5, 0.6) is 0 Å². The fraction of sp³-hybridized carbons (Fsp3) is 0.618. The number of allylic oxidation sites excluding steroid dienone is 2. The predicted octanol–water partition coefficient (Wildman–Crippen LogP) is 3.06. The van der Waals surface area contributed by atoms with Gasteiger partial charge in [0.25, 0.3) is 0 Å². The van der Waals surface area contributed by atoms with Crippen molar-refractivity contribution in [2.75, 3.05) is 6.61 Å². The molecule has 1 aromatic heterocycles. The first-order chi connectivity index (χ1) is 21.6. The van der Waals surface area contributed by atoms with Crippen LogP contribution in [0.2, 0.25) is 0 Å². The highest BCUT2D eigenvalue weighted by atomic mass is 16.7. The molecule has 250 valence electrons. The SMILES string of the molecule is C=C(C)C1C=CC(OC(C)=O)C23COC(O)(C(C)(O)C12)C1(OC(C)=O)CC(C)C(OC(=O)CCC)C1C3OC(=O)c1cccnc1. The zero-order chi connectivity index (χ0) is 33.8. The van der Waals surface area contributed by atoms with Gasteiger partial charge in [-0.1, -0.05) is 32.1 Å². The molecule has 0 aromatic carbocycles. The third-order valence-corrected chi connectivity index (χ3v) is 10.3. The summed E-state index contributed by atoms with van der Waals surface area (Å²) in [4.78, 5) is 56.8. The maximum atomic E-state index is 14.0. The molecule has 2 aliphatic heterocycles. The average Bonchev–Trinajstić information content (AvgIpc) is 3.18. The van der Waals surface area contributed by atoms with Crippen LogP contribution in [0.25, 0.3) is 0 Å². The van der Waals surface area contributed by atoms with Gasteiger partial charge in [0.15, 0.2) is 5.60 Å². The first kappa shape index (κ1) is 33.7. The van der Waals surface area contributed by atoms with Crippen LogP contribution >= 0.6 is 0 Å². The lowest BCUT2D eigenvalue weighted by Gasteiger charge is -2.62. The molecule has 2 saturated carbocycles. The number of aromatic nitrogens is 1. The highest BCUT2D eigenvalue weighted by Gasteiger charge is 2.86. The maximum absolute atomic E-state index is 14.0. The Balaban J connectivity index is 1.87. The largest absolute Gasteiger partial charge is 0.461 e. The third kappa shape index (κ3) is 4.87. The summed E-state index contributed by atoms with van der Waals surface area (Å²) in [6.45, 7) is 12.8. The minimum absolute atomic E-state index is 0.0828. The lowest BCUT2D eigenvalue weighted by molar-refractivity contribution is -0.411. The summed E-state index contributed by atoms with van der Waals surface area (Å²) >= 11 is 0. The minimum Gasteiger partial charge on any atom is -0.461 e. The number of pyridine rings is 1. The Morgan fingerprint density at radius 2 is 1.80 bits per heavy atom. The Morgan fingerprint density at radius 3 is 2.39 bits per heavy atom. The van der Waals surface area contributed by atoms with E-state index in [9.17, 15) is 29.4 Å². The van der Waals surface area contributed by atoms with Crippen molar-refractivity contribution in [3.8, 4) is 0 Å². The molecule has 6 rings (SSSR count). The number of carbonyl (C=O) groups excluding carboxylic acids is 4. The van der Waals surface area contributed by atoms with Crippen molar-refractivity contribution in [2.45, 2.75) is 96.1 Å². The Hall–Kier alpha value is -3.61. The average molecular weight is 642 g/mol. The number of aliphatic hydroxyl groups is 2. The van der Waals surface area contributed by atoms with Crippen molar-refractivity contribution >= 4 is 23.9 Å². The van der Waals surface area contributed by atoms with Gasteiger partial charge in [0.05, 0.1) is 23.5 Å². The van der Waals surface area contributed by atoms with Gasteiger partial charge in [0.1, 0.15) is 23.9 Å². The number of carbonyl (C=O) groups is 4. The monoisotopic (exact) mass is 641 g/mol. The summed E-state index contributed by atoms with van der Waals surface area (Å²) < 4.78 is 30.9. The number of hydrogen-bond donors (Lipinski definition) is 2. The molecule has 2 saturated heterocycles. The zero-order valence-corrected chi connectivity index (χ0v) is 27.1. The molecule has 4 fully saturated rings. The Bertz CT molecular complexity index is 1440. The van der Waals surface area contributed by atoms with Gasteiger partial charge in [-0.3, -0.25) is 19.4 Å². The zero-order valence-electron chi connectivity index (χ0n) is 27.1. The van der Waals surface area contributed by atoms with E-state index in [1.54, 1.807) is 32.1 Å². The molecule has 5 aliphatic rings. The maximum Gasteiger partial charge on any atom is 0.340 e. The Labute approximate surface area is 268 Å². The van der Waals surface area contributed by atoms with E-state index in [1.807, 2.05) is 6.92 Å². The van der Waals surface area contributed by atoms with Crippen molar-refractivity contribution < 1.29 is 53.1 Å². The first-order valence-electron chi connectivity index (χ1n) is 15.7. The van der Waals surface area contributed by atoms with Crippen LogP contribution in [0, 0.1) is 29.1 Å². The molecule has 0 amide bonds. The van der Waals surface area contributed by atoms with E-state index in [-0.39, 0.29) is 18.4 Å². The van der Waals surface area contributed by atoms with Crippen LogP contribution in [0.15, 0.2) is 48.8 Å². The van der Waals surface area contributed by atoms with Gasteiger partial charge in [0, 0.05) is 44.5 Å². The van der Waals surface area contributed by atoms with Crippen molar-refractivity contribution in [2.24, 2.45) is 29.1 Å². The van der Waals surface area contributed by atoms with E-state index in [0.717, 1.165) is 6.92 Å². The molecular weight excluding hydrogens is 598 g/mol. The molecule has 0 radical (unpaired) electrons. The standard InChI is InChI=1S/C34H43NO11/c1-8-10-25(38)44-27-19(4)15-33(46-21(6)37)26(27)29(45-30(39)22-11-9-14-35-16-22)32-17-42-34(33,41)31(7,40)28(32)23(18(2)3)12-13-24(32)43-20(5)36/h9,11-14,16,19,23-24,26-29,40-41H,2,8,10,15,17H2,1,3-7H3.